The molecule has 0 bridgehead atoms. The lowest BCUT2D eigenvalue weighted by Crippen LogP contribution is -2.49. The predicted octanol–water partition coefficient (Wildman–Crippen LogP) is 5.51. The molecule has 0 aromatic heterocycles. The summed E-state index contributed by atoms with van der Waals surface area (Å²) in [6.07, 6.45) is 13.0. The summed E-state index contributed by atoms with van der Waals surface area (Å²) in [5.41, 5.74) is 9.46. The smallest absolute Gasteiger partial charge is 0.138 e. The number of hydrogen-bond donors (Lipinski definition) is 2. The van der Waals surface area contributed by atoms with E-state index in [0.29, 0.717) is 17.4 Å². The first-order valence-electron chi connectivity index (χ1n) is 10.6. The fourth-order valence-electron chi connectivity index (χ4n) is 5.07. The Hall–Kier alpha value is -1.19. The van der Waals surface area contributed by atoms with Crippen molar-refractivity contribution < 1.29 is 4.74 Å². The van der Waals surface area contributed by atoms with Crippen LogP contribution in [0.2, 0.25) is 5.02 Å². The summed E-state index contributed by atoms with van der Waals surface area (Å²) in [4.78, 5) is 0. The molecular weight excluding hydrogens is 356 g/mol. The summed E-state index contributed by atoms with van der Waals surface area (Å²) in [6.45, 7) is 5.38. The molecule has 3 aliphatic rings. The first kappa shape index (κ1) is 19.1. The van der Waals surface area contributed by atoms with Gasteiger partial charge in [-0.2, -0.15) is 0 Å². The molecule has 4 heteroatoms. The average Bonchev–Trinajstić information content (AvgIpc) is 3.47. The number of benzene rings is 1. The van der Waals surface area contributed by atoms with E-state index in [9.17, 15) is 0 Å². The molecule has 1 unspecified atom stereocenters. The summed E-state index contributed by atoms with van der Waals surface area (Å²) in [6, 6.07) is 4.43. The number of nitrogens with one attached hydrogen (secondary N) is 1. The maximum absolute atomic E-state index is 6.73. The summed E-state index contributed by atoms with van der Waals surface area (Å²) >= 11 is 6.51. The van der Waals surface area contributed by atoms with E-state index >= 15 is 0 Å². The van der Waals surface area contributed by atoms with Gasteiger partial charge in [0.25, 0.3) is 0 Å². The second-order valence-corrected chi connectivity index (χ2v) is 9.70. The maximum Gasteiger partial charge on any atom is 0.138 e. The van der Waals surface area contributed by atoms with Crippen LogP contribution in [0.3, 0.4) is 0 Å². The van der Waals surface area contributed by atoms with Crippen LogP contribution >= 0.6 is 11.6 Å². The molecule has 1 heterocycles. The van der Waals surface area contributed by atoms with Crippen LogP contribution in [-0.2, 0) is 6.54 Å². The molecule has 0 spiro atoms. The van der Waals surface area contributed by atoms with Gasteiger partial charge in [0.15, 0.2) is 0 Å². The molecule has 3 N–H and O–H groups in total. The molecule has 27 heavy (non-hydrogen) atoms. The number of rotatable bonds is 6. The van der Waals surface area contributed by atoms with Crippen LogP contribution in [0, 0.1) is 17.3 Å². The van der Waals surface area contributed by atoms with Gasteiger partial charge in [-0.15, -0.1) is 0 Å². The van der Waals surface area contributed by atoms with Gasteiger partial charge in [-0.3, -0.25) is 0 Å². The highest BCUT2D eigenvalue weighted by atomic mass is 35.5. The maximum atomic E-state index is 6.73. The summed E-state index contributed by atoms with van der Waals surface area (Å²) in [5, 5.41) is 3.95. The van der Waals surface area contributed by atoms with Crippen molar-refractivity contribution in [1.29, 1.82) is 0 Å². The molecule has 0 amide bonds. The molecule has 0 radical (unpaired) electrons. The second kappa shape index (κ2) is 7.67. The third-order valence-electron chi connectivity index (χ3n) is 6.91. The van der Waals surface area contributed by atoms with Crippen molar-refractivity contribution in [2.24, 2.45) is 23.0 Å². The Morgan fingerprint density at radius 1 is 1.22 bits per heavy atom. The summed E-state index contributed by atoms with van der Waals surface area (Å²) in [7, 11) is 0. The van der Waals surface area contributed by atoms with E-state index in [1.165, 1.54) is 43.2 Å². The van der Waals surface area contributed by atoms with Crippen molar-refractivity contribution in [3.63, 3.8) is 0 Å². The Labute approximate surface area is 168 Å². The van der Waals surface area contributed by atoms with Gasteiger partial charge >= 0.3 is 0 Å². The van der Waals surface area contributed by atoms with Crippen LogP contribution < -0.4 is 15.8 Å². The summed E-state index contributed by atoms with van der Waals surface area (Å²) in [5.74, 6) is 2.29. The molecule has 1 aliphatic heterocycles. The molecule has 2 fully saturated rings. The normalized spacial score (nSPS) is 28.6. The van der Waals surface area contributed by atoms with Gasteiger partial charge in [-0.1, -0.05) is 38.3 Å². The largest absolute Gasteiger partial charge is 0.489 e. The Morgan fingerprint density at radius 2 is 1.96 bits per heavy atom. The van der Waals surface area contributed by atoms with Gasteiger partial charge in [0.2, 0.25) is 0 Å². The van der Waals surface area contributed by atoms with Crippen LogP contribution in [0.15, 0.2) is 18.3 Å². The van der Waals surface area contributed by atoms with Gasteiger partial charge in [0, 0.05) is 12.6 Å². The van der Waals surface area contributed by atoms with Crippen molar-refractivity contribution in [3.05, 3.63) is 34.5 Å². The molecule has 2 aliphatic carbocycles. The number of fused-ring (bicyclic) bond motifs is 1. The molecule has 1 aromatic rings. The fourth-order valence-corrected chi connectivity index (χ4v) is 5.30. The van der Waals surface area contributed by atoms with Crippen molar-refractivity contribution >= 4 is 17.7 Å². The first-order valence-corrected chi connectivity index (χ1v) is 11.0. The molecule has 0 saturated heterocycles. The Bertz CT molecular complexity index is 703. The van der Waals surface area contributed by atoms with Crippen molar-refractivity contribution in [2.75, 3.05) is 0 Å². The Balaban J connectivity index is 1.43. The zero-order valence-corrected chi connectivity index (χ0v) is 17.4. The average molecular weight is 389 g/mol. The molecule has 3 nitrogen and oxygen atoms in total. The lowest BCUT2D eigenvalue weighted by Gasteiger charge is -2.46. The van der Waals surface area contributed by atoms with E-state index in [4.69, 9.17) is 22.1 Å². The topological polar surface area (TPSA) is 47.3 Å². The Morgan fingerprint density at radius 3 is 2.63 bits per heavy atom. The highest BCUT2D eigenvalue weighted by Crippen LogP contribution is 2.51. The third kappa shape index (κ3) is 4.14. The van der Waals surface area contributed by atoms with Crippen molar-refractivity contribution in [1.82, 2.24) is 5.32 Å². The zero-order chi connectivity index (χ0) is 19.0. The van der Waals surface area contributed by atoms with Gasteiger partial charge in [0.1, 0.15) is 5.75 Å². The fraction of sp³-hybridized carbons (Fsp3) is 0.652. The molecule has 1 aromatic carbocycles. The highest BCUT2D eigenvalue weighted by molar-refractivity contribution is 6.32. The molecule has 2 saturated carbocycles. The number of hydrogen-bond acceptors (Lipinski definition) is 3. The predicted molar refractivity (Wildman–Crippen MR) is 113 cm³/mol. The number of nitrogens with two attached hydrogens (primary N) is 1. The van der Waals surface area contributed by atoms with E-state index < -0.39 is 0 Å². The van der Waals surface area contributed by atoms with Crippen LogP contribution in [0.25, 0.3) is 6.08 Å². The van der Waals surface area contributed by atoms with E-state index in [2.05, 4.69) is 31.3 Å². The second-order valence-electron chi connectivity index (χ2n) is 9.29. The lowest BCUT2D eigenvalue weighted by atomic mass is 9.63. The van der Waals surface area contributed by atoms with E-state index in [-0.39, 0.29) is 6.10 Å². The minimum Gasteiger partial charge on any atom is -0.489 e. The molecule has 148 valence electrons. The van der Waals surface area contributed by atoms with Crippen molar-refractivity contribution in [2.45, 2.75) is 77.5 Å². The molecule has 4 rings (SSSR count). The van der Waals surface area contributed by atoms with E-state index in [1.54, 1.807) is 0 Å². The molecule has 1 atom stereocenters. The van der Waals surface area contributed by atoms with Gasteiger partial charge in [-0.25, -0.2) is 0 Å². The molecular formula is C23H33ClN2O. The van der Waals surface area contributed by atoms with Crippen LogP contribution in [-0.4, -0.2) is 12.1 Å². The van der Waals surface area contributed by atoms with Gasteiger partial charge in [-0.05, 0) is 84.9 Å². The van der Waals surface area contributed by atoms with Gasteiger partial charge in [0.05, 0.1) is 11.1 Å². The van der Waals surface area contributed by atoms with Crippen LogP contribution in [0.1, 0.15) is 69.9 Å². The SMILES string of the molecule is CC(C)C(N)C1(CC2CC2)CCC(Oc2cc3c(cc2Cl)CNC=C3)CC1. The van der Waals surface area contributed by atoms with E-state index in [1.807, 2.05) is 12.3 Å². The quantitative estimate of drug-likeness (QED) is 0.675. The standard InChI is InChI=1S/C23H33ClN2O/c1-15(2)22(25)23(13-16-3-4-16)8-5-19(6-9-23)27-21-12-17-7-10-26-14-18(17)11-20(21)24/h7,10-12,15-16,19,22,26H,3-6,8-9,13-14,25H2,1-2H3. The number of halogens is 1. The third-order valence-corrected chi connectivity index (χ3v) is 7.20. The minimum absolute atomic E-state index is 0.248. The van der Waals surface area contributed by atoms with Crippen molar-refractivity contribution in [3.8, 4) is 5.75 Å². The highest BCUT2D eigenvalue weighted by Gasteiger charge is 2.45. The monoisotopic (exact) mass is 388 g/mol. The summed E-state index contributed by atoms with van der Waals surface area (Å²) < 4.78 is 6.38. The Kier molecular flexibility index (Phi) is 5.44. The van der Waals surface area contributed by atoms with E-state index in [0.717, 1.165) is 36.1 Å². The van der Waals surface area contributed by atoms with Crippen LogP contribution in [0.4, 0.5) is 0 Å². The zero-order valence-electron chi connectivity index (χ0n) is 16.6. The number of ether oxygens (including phenoxy) is 1. The minimum atomic E-state index is 0.248. The lowest BCUT2D eigenvalue weighted by molar-refractivity contribution is 0.0384. The first-order chi connectivity index (χ1) is 13.0. The van der Waals surface area contributed by atoms with Gasteiger partial charge < -0.3 is 15.8 Å². The van der Waals surface area contributed by atoms with Crippen LogP contribution in [0.5, 0.6) is 5.75 Å².